The van der Waals surface area contributed by atoms with E-state index in [0.29, 0.717) is 15.7 Å². The van der Waals surface area contributed by atoms with Gasteiger partial charge in [0.15, 0.2) is 5.11 Å². The maximum Gasteiger partial charge on any atom is 0.270 e. The summed E-state index contributed by atoms with van der Waals surface area (Å²) in [4.78, 5) is 27.1. The summed E-state index contributed by atoms with van der Waals surface area (Å²) in [6.45, 7) is 3.87. The number of halogens is 2. The fraction of sp³-hybridized carbons (Fsp3) is 0.0870. The van der Waals surface area contributed by atoms with Crippen LogP contribution in [0.1, 0.15) is 17.0 Å². The lowest BCUT2D eigenvalue weighted by molar-refractivity contribution is -0.122. The molecule has 3 aromatic rings. The van der Waals surface area contributed by atoms with Crippen molar-refractivity contribution in [3.8, 4) is 5.69 Å². The second-order valence-corrected chi connectivity index (χ2v) is 8.28. The van der Waals surface area contributed by atoms with Crippen LogP contribution >= 0.6 is 35.4 Å². The van der Waals surface area contributed by atoms with Gasteiger partial charge in [-0.1, -0.05) is 41.4 Å². The number of thiocarbonyl (C=S) groups is 1. The van der Waals surface area contributed by atoms with Crippen LogP contribution in [0.2, 0.25) is 10.0 Å². The van der Waals surface area contributed by atoms with E-state index in [1.54, 1.807) is 36.4 Å². The molecule has 0 aliphatic carbocycles. The standard InChI is InChI=1S/C23H17Cl2N3O2S/c1-13-10-15(14(2)27(13)17-7-5-6-16(24)12-17)11-18-21(29)26-23(31)28(22(18)30)20-9-4-3-8-19(20)25/h3-12H,1-2H3,(H,26,29,31)/b18-11+. The average Bonchev–Trinajstić information content (AvgIpc) is 2.99. The van der Waals surface area contributed by atoms with Crippen molar-refractivity contribution >= 4 is 64.1 Å². The normalized spacial score (nSPS) is 15.5. The molecule has 0 atom stereocenters. The number of para-hydroxylation sites is 1. The molecule has 0 radical (unpaired) electrons. The van der Waals surface area contributed by atoms with Crippen LogP contribution in [0.15, 0.2) is 60.2 Å². The van der Waals surface area contributed by atoms with E-state index in [1.165, 1.54) is 4.90 Å². The fourth-order valence-corrected chi connectivity index (χ4v) is 4.29. The minimum absolute atomic E-state index is 0.00958. The van der Waals surface area contributed by atoms with Gasteiger partial charge in [0.1, 0.15) is 5.57 Å². The maximum absolute atomic E-state index is 13.2. The minimum atomic E-state index is -0.550. The Morgan fingerprint density at radius 3 is 2.45 bits per heavy atom. The highest BCUT2D eigenvalue weighted by Gasteiger charge is 2.35. The van der Waals surface area contributed by atoms with Crippen LogP contribution in [0.25, 0.3) is 11.8 Å². The second kappa shape index (κ2) is 8.30. The van der Waals surface area contributed by atoms with E-state index in [0.717, 1.165) is 22.6 Å². The van der Waals surface area contributed by atoms with Crippen molar-refractivity contribution in [2.75, 3.05) is 4.90 Å². The molecular weight excluding hydrogens is 453 g/mol. The number of hydrogen-bond acceptors (Lipinski definition) is 3. The predicted octanol–water partition coefficient (Wildman–Crippen LogP) is 5.23. The van der Waals surface area contributed by atoms with E-state index in [2.05, 4.69) is 5.32 Å². The summed E-state index contributed by atoms with van der Waals surface area (Å²) in [7, 11) is 0. The van der Waals surface area contributed by atoms with Gasteiger partial charge in [0.2, 0.25) is 0 Å². The second-order valence-electron chi connectivity index (χ2n) is 7.05. The molecule has 1 aliphatic rings. The van der Waals surface area contributed by atoms with Gasteiger partial charge in [-0.15, -0.1) is 0 Å². The van der Waals surface area contributed by atoms with Crippen LogP contribution in [0, 0.1) is 13.8 Å². The number of nitrogens with zero attached hydrogens (tertiary/aromatic N) is 2. The van der Waals surface area contributed by atoms with Crippen molar-refractivity contribution in [1.29, 1.82) is 0 Å². The van der Waals surface area contributed by atoms with Crippen LogP contribution in [-0.2, 0) is 9.59 Å². The van der Waals surface area contributed by atoms with Gasteiger partial charge < -0.3 is 4.57 Å². The van der Waals surface area contributed by atoms with Crippen molar-refractivity contribution < 1.29 is 9.59 Å². The number of aryl methyl sites for hydroxylation is 1. The number of amides is 2. The molecule has 2 aromatic carbocycles. The van der Waals surface area contributed by atoms with E-state index in [-0.39, 0.29) is 10.7 Å². The lowest BCUT2D eigenvalue weighted by Crippen LogP contribution is -2.54. The third kappa shape index (κ3) is 3.90. The summed E-state index contributed by atoms with van der Waals surface area (Å²) in [6.07, 6.45) is 1.58. The first-order valence-corrected chi connectivity index (χ1v) is 10.5. The first kappa shape index (κ1) is 21.3. The van der Waals surface area contributed by atoms with E-state index >= 15 is 0 Å². The Kier molecular flexibility index (Phi) is 5.71. The molecule has 156 valence electrons. The number of hydrogen-bond donors (Lipinski definition) is 1. The molecular formula is C23H17Cl2N3O2S. The number of nitrogens with one attached hydrogen (secondary N) is 1. The Morgan fingerprint density at radius 1 is 1.00 bits per heavy atom. The molecule has 5 nitrogen and oxygen atoms in total. The molecule has 2 heterocycles. The lowest BCUT2D eigenvalue weighted by atomic mass is 10.1. The van der Waals surface area contributed by atoms with E-state index in [1.807, 2.05) is 42.7 Å². The monoisotopic (exact) mass is 469 g/mol. The molecule has 1 aromatic heterocycles. The minimum Gasteiger partial charge on any atom is -0.318 e. The number of aromatic nitrogens is 1. The highest BCUT2D eigenvalue weighted by atomic mass is 35.5. The number of carbonyl (C=O) groups excluding carboxylic acids is 2. The van der Waals surface area contributed by atoms with Crippen LogP contribution in [0.4, 0.5) is 5.69 Å². The van der Waals surface area contributed by atoms with Crippen molar-refractivity contribution in [3.63, 3.8) is 0 Å². The first-order chi connectivity index (χ1) is 14.8. The molecule has 1 saturated heterocycles. The Bertz CT molecular complexity index is 1280. The predicted molar refractivity (Wildman–Crippen MR) is 128 cm³/mol. The van der Waals surface area contributed by atoms with Gasteiger partial charge in [-0.2, -0.15) is 0 Å². The summed E-state index contributed by atoms with van der Waals surface area (Å²) in [6, 6.07) is 16.2. The summed E-state index contributed by atoms with van der Waals surface area (Å²) in [5.74, 6) is -1.08. The van der Waals surface area contributed by atoms with E-state index in [4.69, 9.17) is 35.4 Å². The molecule has 0 saturated carbocycles. The molecule has 2 amide bonds. The Hall–Kier alpha value is -2.93. The zero-order chi connectivity index (χ0) is 22.3. The van der Waals surface area contributed by atoms with Crippen LogP contribution in [0.5, 0.6) is 0 Å². The average molecular weight is 470 g/mol. The number of benzene rings is 2. The molecule has 8 heteroatoms. The van der Waals surface area contributed by atoms with Crippen molar-refractivity contribution in [1.82, 2.24) is 9.88 Å². The number of rotatable bonds is 3. The smallest absolute Gasteiger partial charge is 0.270 e. The van der Waals surface area contributed by atoms with Crippen LogP contribution in [0.3, 0.4) is 0 Å². The molecule has 0 bridgehead atoms. The fourth-order valence-electron chi connectivity index (χ4n) is 3.61. The Morgan fingerprint density at radius 2 is 1.74 bits per heavy atom. The summed E-state index contributed by atoms with van der Waals surface area (Å²) < 4.78 is 2.01. The molecule has 0 spiro atoms. The topological polar surface area (TPSA) is 54.3 Å². The molecule has 0 unspecified atom stereocenters. The van der Waals surface area contributed by atoms with E-state index in [9.17, 15) is 9.59 Å². The lowest BCUT2D eigenvalue weighted by Gasteiger charge is -2.29. The summed E-state index contributed by atoms with van der Waals surface area (Å²) in [5, 5.41) is 3.55. The van der Waals surface area contributed by atoms with Crippen molar-refractivity contribution in [3.05, 3.63) is 87.2 Å². The highest BCUT2D eigenvalue weighted by molar-refractivity contribution is 7.80. The molecule has 4 rings (SSSR count). The molecule has 1 aliphatic heterocycles. The largest absolute Gasteiger partial charge is 0.318 e. The number of anilines is 1. The van der Waals surface area contributed by atoms with Gasteiger partial charge in [0.05, 0.1) is 10.7 Å². The van der Waals surface area contributed by atoms with Crippen molar-refractivity contribution in [2.24, 2.45) is 0 Å². The quantitative estimate of drug-likeness (QED) is 0.324. The van der Waals surface area contributed by atoms with Gasteiger partial charge in [-0.25, -0.2) is 0 Å². The van der Waals surface area contributed by atoms with Gasteiger partial charge in [0, 0.05) is 22.1 Å². The molecule has 1 N–H and O–H groups in total. The zero-order valence-corrected chi connectivity index (χ0v) is 19.0. The van der Waals surface area contributed by atoms with Crippen LogP contribution < -0.4 is 10.2 Å². The SMILES string of the molecule is Cc1cc(/C=C2\C(=O)NC(=S)N(c3ccccc3Cl)C2=O)c(C)n1-c1cccc(Cl)c1. The molecule has 31 heavy (non-hydrogen) atoms. The van der Waals surface area contributed by atoms with Gasteiger partial charge in [0.25, 0.3) is 11.8 Å². The van der Waals surface area contributed by atoms with Crippen LogP contribution in [-0.4, -0.2) is 21.5 Å². The Balaban J connectivity index is 1.79. The maximum atomic E-state index is 13.2. The third-order valence-electron chi connectivity index (χ3n) is 5.03. The summed E-state index contributed by atoms with van der Waals surface area (Å²) >= 11 is 17.6. The zero-order valence-electron chi connectivity index (χ0n) is 16.6. The van der Waals surface area contributed by atoms with E-state index < -0.39 is 11.8 Å². The highest BCUT2D eigenvalue weighted by Crippen LogP contribution is 2.30. The van der Waals surface area contributed by atoms with Gasteiger partial charge in [-0.05, 0) is 74.1 Å². The first-order valence-electron chi connectivity index (χ1n) is 9.39. The molecule has 1 fully saturated rings. The van der Waals surface area contributed by atoms with Crippen molar-refractivity contribution in [2.45, 2.75) is 13.8 Å². The Labute approximate surface area is 194 Å². The van der Waals surface area contributed by atoms with Gasteiger partial charge in [-0.3, -0.25) is 19.8 Å². The summed E-state index contributed by atoms with van der Waals surface area (Å²) in [5.41, 5.74) is 3.82. The van der Waals surface area contributed by atoms with Gasteiger partial charge >= 0.3 is 0 Å². The number of carbonyl (C=O) groups is 2. The third-order valence-corrected chi connectivity index (χ3v) is 5.87.